The molecule has 0 radical (unpaired) electrons. The second-order valence-corrected chi connectivity index (χ2v) is 7.36. The van der Waals surface area contributed by atoms with Crippen molar-refractivity contribution in [3.05, 3.63) is 29.8 Å². The Morgan fingerprint density at radius 3 is 2.58 bits per heavy atom. The molecule has 128 valence electrons. The Morgan fingerprint density at radius 1 is 1.29 bits per heavy atom. The maximum Gasteiger partial charge on any atom is 0.308 e. The maximum absolute atomic E-state index is 12.0. The van der Waals surface area contributed by atoms with E-state index in [9.17, 15) is 9.59 Å². The lowest BCUT2D eigenvalue weighted by molar-refractivity contribution is -0.141. The molecule has 3 fully saturated rings. The molecule has 0 unspecified atom stereocenters. The highest BCUT2D eigenvalue weighted by atomic mass is 16.5. The first-order chi connectivity index (χ1) is 11.5. The molecule has 1 spiro atoms. The molecule has 1 N–H and O–H groups in total. The molecule has 0 bridgehead atoms. The van der Waals surface area contributed by atoms with E-state index in [-0.39, 0.29) is 18.9 Å². The maximum atomic E-state index is 12.0. The largest absolute Gasteiger partial charge is 0.481 e. The number of benzene rings is 1. The lowest BCUT2D eigenvalue weighted by atomic mass is 9.85. The summed E-state index contributed by atoms with van der Waals surface area (Å²) < 4.78 is 5.36. The minimum absolute atomic E-state index is 0.0923. The highest BCUT2D eigenvalue weighted by Crippen LogP contribution is 2.38. The Balaban J connectivity index is 1.38. The summed E-state index contributed by atoms with van der Waals surface area (Å²) >= 11 is 0. The third-order valence-electron chi connectivity index (χ3n) is 5.46. The van der Waals surface area contributed by atoms with Gasteiger partial charge in [0.1, 0.15) is 0 Å². The number of carbonyl (C=O) groups excluding carboxylic acids is 1. The minimum Gasteiger partial charge on any atom is -0.481 e. The van der Waals surface area contributed by atoms with Crippen LogP contribution in [0.2, 0.25) is 0 Å². The number of likely N-dealkylation sites (tertiary alicyclic amines) is 1. The first kappa shape index (κ1) is 15.6. The average molecular weight is 330 g/mol. The molecule has 6 nitrogen and oxygen atoms in total. The van der Waals surface area contributed by atoms with Gasteiger partial charge in [0.25, 0.3) is 0 Å². The molecule has 1 aromatic rings. The van der Waals surface area contributed by atoms with Crippen LogP contribution in [-0.4, -0.2) is 54.7 Å². The summed E-state index contributed by atoms with van der Waals surface area (Å²) in [4.78, 5) is 27.1. The van der Waals surface area contributed by atoms with Crippen molar-refractivity contribution in [3.63, 3.8) is 0 Å². The second-order valence-electron chi connectivity index (χ2n) is 7.36. The van der Waals surface area contributed by atoms with Gasteiger partial charge in [-0.3, -0.25) is 14.5 Å². The summed E-state index contributed by atoms with van der Waals surface area (Å²) in [5, 5.41) is 9.07. The van der Waals surface area contributed by atoms with Gasteiger partial charge in [-0.2, -0.15) is 0 Å². The monoisotopic (exact) mass is 330 g/mol. The quantitative estimate of drug-likeness (QED) is 0.902. The molecule has 3 saturated heterocycles. The average Bonchev–Trinajstić information content (AvgIpc) is 3.12. The molecule has 0 aromatic heterocycles. The number of aliphatic carboxylic acids is 1. The van der Waals surface area contributed by atoms with Crippen LogP contribution in [0.3, 0.4) is 0 Å². The van der Waals surface area contributed by atoms with Gasteiger partial charge in [0.05, 0.1) is 19.1 Å². The molecule has 3 aliphatic heterocycles. The molecular formula is C18H22N2O4. The van der Waals surface area contributed by atoms with E-state index < -0.39 is 11.9 Å². The molecule has 4 rings (SSSR count). The summed E-state index contributed by atoms with van der Waals surface area (Å²) in [7, 11) is 0. The minimum atomic E-state index is -0.898. The number of hydrogen-bond acceptors (Lipinski definition) is 4. The van der Waals surface area contributed by atoms with Crippen molar-refractivity contribution in [2.24, 2.45) is 11.3 Å². The van der Waals surface area contributed by atoms with Crippen molar-refractivity contribution in [2.75, 3.05) is 37.7 Å². The van der Waals surface area contributed by atoms with Crippen LogP contribution in [0.1, 0.15) is 18.4 Å². The molecule has 0 saturated carbocycles. The van der Waals surface area contributed by atoms with E-state index in [1.165, 1.54) is 12.0 Å². The van der Waals surface area contributed by atoms with Crippen LogP contribution in [0, 0.1) is 11.3 Å². The van der Waals surface area contributed by atoms with Crippen molar-refractivity contribution in [1.82, 2.24) is 4.90 Å². The number of carbonyl (C=O) groups is 2. The van der Waals surface area contributed by atoms with Crippen LogP contribution in [0.15, 0.2) is 24.3 Å². The van der Waals surface area contributed by atoms with Gasteiger partial charge < -0.3 is 14.7 Å². The zero-order valence-corrected chi connectivity index (χ0v) is 13.6. The molecule has 6 heteroatoms. The van der Waals surface area contributed by atoms with Gasteiger partial charge in [-0.1, -0.05) is 12.1 Å². The van der Waals surface area contributed by atoms with E-state index in [0.717, 1.165) is 38.5 Å². The Kier molecular flexibility index (Phi) is 3.81. The summed E-state index contributed by atoms with van der Waals surface area (Å²) in [5.41, 5.74) is 2.41. The summed E-state index contributed by atoms with van der Waals surface area (Å²) in [5.74, 6) is -1.60. The topological polar surface area (TPSA) is 70.1 Å². The first-order valence-corrected chi connectivity index (χ1v) is 8.47. The second kappa shape index (κ2) is 5.86. The van der Waals surface area contributed by atoms with E-state index in [4.69, 9.17) is 9.84 Å². The third-order valence-corrected chi connectivity index (χ3v) is 5.46. The number of anilines is 1. The highest BCUT2D eigenvalue weighted by Gasteiger charge is 2.44. The van der Waals surface area contributed by atoms with Crippen molar-refractivity contribution in [3.8, 4) is 0 Å². The van der Waals surface area contributed by atoms with Crippen LogP contribution < -0.4 is 4.90 Å². The molecule has 1 atom stereocenters. The van der Waals surface area contributed by atoms with E-state index in [1.807, 2.05) is 24.3 Å². The Morgan fingerprint density at radius 2 is 2.04 bits per heavy atom. The fraction of sp³-hybridized carbons (Fsp3) is 0.556. The zero-order chi connectivity index (χ0) is 16.7. The zero-order valence-electron chi connectivity index (χ0n) is 13.6. The number of nitrogens with zero attached hydrogens (tertiary/aromatic N) is 2. The number of hydrogen-bond donors (Lipinski definition) is 1. The van der Waals surface area contributed by atoms with Crippen LogP contribution in [0.4, 0.5) is 5.69 Å². The fourth-order valence-electron chi connectivity index (χ4n) is 3.95. The van der Waals surface area contributed by atoms with E-state index in [1.54, 1.807) is 4.90 Å². The highest BCUT2D eigenvalue weighted by molar-refractivity contribution is 5.99. The predicted octanol–water partition coefficient (Wildman–Crippen LogP) is 1.35. The van der Waals surface area contributed by atoms with Crippen LogP contribution >= 0.6 is 0 Å². The van der Waals surface area contributed by atoms with Crippen molar-refractivity contribution in [2.45, 2.75) is 19.4 Å². The number of carboxylic acid groups (broad SMARTS) is 1. The van der Waals surface area contributed by atoms with Gasteiger partial charge in [-0.15, -0.1) is 0 Å². The van der Waals surface area contributed by atoms with Gasteiger partial charge in [0.15, 0.2) is 0 Å². The molecule has 3 aliphatic rings. The molecular weight excluding hydrogens is 308 g/mol. The smallest absolute Gasteiger partial charge is 0.308 e. The predicted molar refractivity (Wildman–Crippen MR) is 87.7 cm³/mol. The van der Waals surface area contributed by atoms with Crippen LogP contribution in [0.5, 0.6) is 0 Å². The van der Waals surface area contributed by atoms with Crippen LogP contribution in [0.25, 0.3) is 0 Å². The summed E-state index contributed by atoms with van der Waals surface area (Å²) in [6, 6.07) is 7.93. The van der Waals surface area contributed by atoms with Crippen molar-refractivity contribution >= 4 is 17.6 Å². The number of carboxylic acids is 1. The van der Waals surface area contributed by atoms with Gasteiger partial charge in [0, 0.05) is 37.2 Å². The number of rotatable bonds is 4. The van der Waals surface area contributed by atoms with Gasteiger partial charge in [-0.05, 0) is 30.7 Å². The van der Waals surface area contributed by atoms with E-state index in [0.29, 0.717) is 5.41 Å². The lowest BCUT2D eigenvalue weighted by Gasteiger charge is -2.37. The standard InChI is InChI=1S/C18H22N2O4/c21-16-7-14(17(22)23)9-20(16)15-3-1-13(2-4-15)8-19-6-5-18(10-19)11-24-12-18/h1-4,14H,5-12H2,(H,22,23)/t14-/m0/s1. The number of amides is 1. The van der Waals surface area contributed by atoms with Crippen molar-refractivity contribution in [1.29, 1.82) is 0 Å². The van der Waals surface area contributed by atoms with Gasteiger partial charge >= 0.3 is 5.97 Å². The molecule has 24 heavy (non-hydrogen) atoms. The van der Waals surface area contributed by atoms with Gasteiger partial charge in [0.2, 0.25) is 5.91 Å². The summed E-state index contributed by atoms with van der Waals surface area (Å²) in [6.45, 7) is 5.17. The Labute approximate surface area is 141 Å². The normalized spacial score (nSPS) is 26.1. The first-order valence-electron chi connectivity index (χ1n) is 8.47. The van der Waals surface area contributed by atoms with Gasteiger partial charge in [-0.25, -0.2) is 0 Å². The molecule has 1 aromatic carbocycles. The fourth-order valence-corrected chi connectivity index (χ4v) is 3.95. The Hall–Kier alpha value is -1.92. The third kappa shape index (κ3) is 2.80. The SMILES string of the molecule is O=C(O)[C@H]1CC(=O)N(c2ccc(CN3CCC4(COC4)C3)cc2)C1. The Bertz CT molecular complexity index is 653. The van der Waals surface area contributed by atoms with E-state index >= 15 is 0 Å². The van der Waals surface area contributed by atoms with E-state index in [2.05, 4.69) is 4.90 Å². The molecule has 1 amide bonds. The lowest BCUT2D eigenvalue weighted by Crippen LogP contribution is -2.44. The molecule has 3 heterocycles. The molecule has 0 aliphatic carbocycles. The summed E-state index contributed by atoms with van der Waals surface area (Å²) in [6.07, 6.45) is 1.30. The van der Waals surface area contributed by atoms with Crippen molar-refractivity contribution < 1.29 is 19.4 Å². The number of ether oxygens (including phenoxy) is 1. The van der Waals surface area contributed by atoms with Crippen LogP contribution in [-0.2, 0) is 20.9 Å².